The molecule has 35 heavy (non-hydrogen) atoms. The molecular weight excluding hydrogens is 456 g/mol. The van der Waals surface area contributed by atoms with E-state index in [0.717, 1.165) is 11.4 Å². The van der Waals surface area contributed by atoms with Crippen LogP contribution in [-0.4, -0.2) is 47.2 Å². The number of rotatable bonds is 9. The first-order valence-corrected chi connectivity index (χ1v) is 10.9. The van der Waals surface area contributed by atoms with Crippen LogP contribution in [0, 0.1) is 24.0 Å². The van der Waals surface area contributed by atoms with E-state index in [1.165, 1.54) is 18.2 Å². The fraction of sp³-hybridized carbons (Fsp3) is 0.280. The first-order valence-electron chi connectivity index (χ1n) is 10.9. The second-order valence-electron chi connectivity index (χ2n) is 7.99. The molecule has 0 amide bonds. The number of carbonyl (C=O) groups is 2. The molecule has 1 atom stereocenters. The zero-order chi connectivity index (χ0) is 24.9. The summed E-state index contributed by atoms with van der Waals surface area (Å²) in [6.07, 6.45) is -0.227. The van der Waals surface area contributed by atoms with Gasteiger partial charge in [-0.2, -0.15) is 0 Å². The Hall–Kier alpha value is -4.34. The number of nitro benzene ring substituents is 1. The summed E-state index contributed by atoms with van der Waals surface area (Å²) in [5, 5.41) is 11.0. The van der Waals surface area contributed by atoms with Crippen molar-refractivity contribution in [2.24, 2.45) is 0 Å². The zero-order valence-corrected chi connectivity index (χ0v) is 19.3. The van der Waals surface area contributed by atoms with Crippen molar-refractivity contribution in [2.45, 2.75) is 26.5 Å². The van der Waals surface area contributed by atoms with Gasteiger partial charge in [-0.1, -0.05) is 24.3 Å². The molecule has 1 aromatic heterocycles. The van der Waals surface area contributed by atoms with Gasteiger partial charge in [0.1, 0.15) is 6.61 Å². The van der Waals surface area contributed by atoms with E-state index in [4.69, 9.17) is 18.9 Å². The monoisotopic (exact) mass is 480 g/mol. The molecule has 2 aromatic carbocycles. The Bertz CT molecular complexity index is 1270. The minimum Gasteiger partial charge on any atom is -0.486 e. The fourth-order valence-corrected chi connectivity index (χ4v) is 3.85. The van der Waals surface area contributed by atoms with Gasteiger partial charge < -0.3 is 23.5 Å². The van der Waals surface area contributed by atoms with Gasteiger partial charge in [-0.05, 0) is 38.1 Å². The molecule has 10 nitrogen and oxygen atoms in total. The molecule has 0 bridgehead atoms. The standard InChI is InChI=1S/C25H24N2O8/c1-16-11-19(17(2)26(16)12-18-13-32-23-9-5-6-10-24(23)35-18)21(28)14-34-25(29)15-33-22-8-4-3-7-20(22)27(30)31/h3-11,18H,12-15H2,1-2H3. The van der Waals surface area contributed by atoms with Crippen LogP contribution in [-0.2, 0) is 16.1 Å². The van der Waals surface area contributed by atoms with Gasteiger partial charge >= 0.3 is 11.7 Å². The van der Waals surface area contributed by atoms with Gasteiger partial charge in [0.25, 0.3) is 0 Å². The molecule has 182 valence electrons. The largest absolute Gasteiger partial charge is 0.486 e. The van der Waals surface area contributed by atoms with Crippen LogP contribution in [0.3, 0.4) is 0 Å². The van der Waals surface area contributed by atoms with Crippen LogP contribution in [0.25, 0.3) is 0 Å². The van der Waals surface area contributed by atoms with E-state index in [1.54, 1.807) is 12.1 Å². The van der Waals surface area contributed by atoms with Gasteiger partial charge in [0, 0.05) is 23.0 Å². The number of Topliss-reactive ketones (excluding diaryl/α,β-unsaturated/α-hetero) is 1. The van der Waals surface area contributed by atoms with Gasteiger partial charge in [0.05, 0.1) is 11.5 Å². The summed E-state index contributed by atoms with van der Waals surface area (Å²) in [7, 11) is 0. The first kappa shape index (κ1) is 23.8. The van der Waals surface area contributed by atoms with Crippen molar-refractivity contribution in [3.05, 3.63) is 81.7 Å². The number of benzene rings is 2. The van der Waals surface area contributed by atoms with Crippen LogP contribution in [0.2, 0.25) is 0 Å². The minimum absolute atomic E-state index is 0.0548. The van der Waals surface area contributed by atoms with E-state index in [9.17, 15) is 19.7 Å². The average Bonchev–Trinajstić information content (AvgIpc) is 3.14. The van der Waals surface area contributed by atoms with Crippen molar-refractivity contribution in [3.8, 4) is 17.2 Å². The first-order chi connectivity index (χ1) is 16.8. The molecule has 0 N–H and O–H groups in total. The Morgan fingerprint density at radius 2 is 1.80 bits per heavy atom. The molecular formula is C25H24N2O8. The predicted octanol–water partition coefficient (Wildman–Crippen LogP) is 3.66. The van der Waals surface area contributed by atoms with Crippen molar-refractivity contribution in [2.75, 3.05) is 19.8 Å². The molecule has 0 saturated heterocycles. The van der Waals surface area contributed by atoms with E-state index in [2.05, 4.69) is 0 Å². The van der Waals surface area contributed by atoms with Crippen LogP contribution in [0.5, 0.6) is 17.2 Å². The van der Waals surface area contributed by atoms with Crippen LogP contribution >= 0.6 is 0 Å². The maximum atomic E-state index is 12.7. The normalized spacial score (nSPS) is 14.3. The summed E-state index contributed by atoms with van der Waals surface area (Å²) in [6.45, 7) is 3.54. The Morgan fingerprint density at radius 3 is 2.57 bits per heavy atom. The van der Waals surface area contributed by atoms with Gasteiger partial charge in [0.15, 0.2) is 36.6 Å². The van der Waals surface area contributed by atoms with Crippen molar-refractivity contribution in [1.82, 2.24) is 4.57 Å². The third-order valence-corrected chi connectivity index (χ3v) is 5.60. The van der Waals surface area contributed by atoms with Crippen LogP contribution < -0.4 is 14.2 Å². The van der Waals surface area contributed by atoms with Crippen LogP contribution in [0.1, 0.15) is 21.7 Å². The summed E-state index contributed by atoms with van der Waals surface area (Å²) in [5.74, 6) is 0.151. The zero-order valence-electron chi connectivity index (χ0n) is 19.3. The lowest BCUT2D eigenvalue weighted by Crippen LogP contribution is -2.33. The van der Waals surface area contributed by atoms with E-state index in [1.807, 2.05) is 42.7 Å². The maximum Gasteiger partial charge on any atom is 0.344 e. The van der Waals surface area contributed by atoms with Gasteiger partial charge in [0.2, 0.25) is 5.78 Å². The van der Waals surface area contributed by atoms with Crippen molar-refractivity contribution in [1.29, 1.82) is 0 Å². The molecule has 0 aliphatic carbocycles. The Balaban J connectivity index is 1.33. The summed E-state index contributed by atoms with van der Waals surface area (Å²) in [5.41, 5.74) is 1.76. The van der Waals surface area contributed by atoms with E-state index in [0.29, 0.717) is 30.2 Å². The SMILES string of the molecule is Cc1cc(C(=O)COC(=O)COc2ccccc2[N+](=O)[O-])c(C)n1CC1COc2ccccc2O1. The van der Waals surface area contributed by atoms with Gasteiger partial charge in [-0.25, -0.2) is 4.79 Å². The third-order valence-electron chi connectivity index (χ3n) is 5.60. The fourth-order valence-electron chi connectivity index (χ4n) is 3.85. The molecule has 0 fully saturated rings. The Labute approximate surface area is 201 Å². The molecule has 1 aliphatic rings. The summed E-state index contributed by atoms with van der Waals surface area (Å²) >= 11 is 0. The lowest BCUT2D eigenvalue weighted by Gasteiger charge is -2.27. The van der Waals surface area contributed by atoms with Crippen molar-refractivity contribution >= 4 is 17.4 Å². The third kappa shape index (κ3) is 5.43. The number of ketones is 1. The number of hydrogen-bond acceptors (Lipinski definition) is 8. The number of fused-ring (bicyclic) bond motifs is 1. The Morgan fingerprint density at radius 1 is 1.09 bits per heavy atom. The number of para-hydroxylation sites is 4. The number of nitrogens with zero attached hydrogens (tertiary/aromatic N) is 2. The highest BCUT2D eigenvalue weighted by Gasteiger charge is 2.24. The molecule has 0 saturated carbocycles. The summed E-state index contributed by atoms with van der Waals surface area (Å²) in [6, 6.07) is 14.9. The number of carbonyl (C=O) groups excluding carboxylic acids is 2. The number of hydrogen-bond donors (Lipinski definition) is 0. The number of aryl methyl sites for hydroxylation is 1. The maximum absolute atomic E-state index is 12.7. The molecule has 1 aliphatic heterocycles. The molecule has 0 spiro atoms. The second kappa shape index (κ2) is 10.3. The Kier molecular flexibility index (Phi) is 7.00. The van der Waals surface area contributed by atoms with Crippen LogP contribution in [0.4, 0.5) is 5.69 Å². The summed E-state index contributed by atoms with van der Waals surface area (Å²) in [4.78, 5) is 35.2. The highest BCUT2D eigenvalue weighted by Crippen LogP contribution is 2.31. The number of aromatic nitrogens is 1. The quantitative estimate of drug-likeness (QED) is 0.197. The van der Waals surface area contributed by atoms with Gasteiger partial charge in [-0.3, -0.25) is 14.9 Å². The second-order valence-corrected chi connectivity index (χ2v) is 7.99. The van der Waals surface area contributed by atoms with Crippen molar-refractivity contribution < 1.29 is 33.5 Å². The smallest absolute Gasteiger partial charge is 0.344 e. The highest BCUT2D eigenvalue weighted by molar-refractivity contribution is 5.99. The van der Waals surface area contributed by atoms with E-state index >= 15 is 0 Å². The van der Waals surface area contributed by atoms with E-state index < -0.39 is 24.1 Å². The molecule has 1 unspecified atom stereocenters. The number of esters is 1. The van der Waals surface area contributed by atoms with Gasteiger partial charge in [-0.15, -0.1) is 0 Å². The molecule has 4 rings (SSSR count). The average molecular weight is 480 g/mol. The molecule has 3 aromatic rings. The van der Waals surface area contributed by atoms with Crippen molar-refractivity contribution in [3.63, 3.8) is 0 Å². The highest BCUT2D eigenvalue weighted by atomic mass is 16.6. The molecule has 10 heteroatoms. The predicted molar refractivity (Wildman–Crippen MR) is 124 cm³/mol. The molecule has 0 radical (unpaired) electrons. The lowest BCUT2D eigenvalue weighted by molar-refractivity contribution is -0.385. The topological polar surface area (TPSA) is 119 Å². The number of ether oxygens (including phenoxy) is 4. The van der Waals surface area contributed by atoms with E-state index in [-0.39, 0.29) is 23.3 Å². The lowest BCUT2D eigenvalue weighted by atomic mass is 10.1. The summed E-state index contributed by atoms with van der Waals surface area (Å²) < 4.78 is 24.0. The number of nitro groups is 1. The minimum atomic E-state index is -0.809. The molecule has 2 heterocycles. The van der Waals surface area contributed by atoms with Crippen LogP contribution in [0.15, 0.2) is 54.6 Å².